The van der Waals surface area contributed by atoms with E-state index in [9.17, 15) is 24.9 Å². The monoisotopic (exact) mass is 668 g/mol. The molecule has 3 aliphatic rings. The number of ether oxygens (including phenoxy) is 6. The molecule has 4 aromatic rings. The van der Waals surface area contributed by atoms with Gasteiger partial charge in [0.25, 0.3) is 0 Å². The van der Waals surface area contributed by atoms with Crippen LogP contribution >= 0.6 is 0 Å². The van der Waals surface area contributed by atoms with Gasteiger partial charge in [-0.15, -0.1) is 0 Å². The van der Waals surface area contributed by atoms with Crippen LogP contribution in [0.3, 0.4) is 0 Å². The van der Waals surface area contributed by atoms with Gasteiger partial charge in [-0.3, -0.25) is 9.59 Å². The predicted molar refractivity (Wildman–Crippen MR) is 179 cm³/mol. The number of rotatable bonds is 6. The number of hydrogen-bond acceptors (Lipinski definition) is 11. The molecule has 0 amide bonds. The number of aromatic hydroxyl groups is 3. The molecule has 11 nitrogen and oxygen atoms in total. The molecule has 0 bridgehead atoms. The minimum atomic E-state index is -0.630. The second-order valence-corrected chi connectivity index (χ2v) is 12.3. The first-order valence-electron chi connectivity index (χ1n) is 15.5. The smallest absolute Gasteiger partial charge is 0.181 e. The third-order valence-electron chi connectivity index (χ3n) is 8.51. The van der Waals surface area contributed by atoms with Crippen molar-refractivity contribution in [2.45, 2.75) is 37.9 Å². The van der Waals surface area contributed by atoms with Crippen LogP contribution in [0.2, 0.25) is 0 Å². The molecule has 2 unspecified atom stereocenters. The molecule has 49 heavy (non-hydrogen) atoms. The number of carbonyl (C=O) groups is 2. The van der Waals surface area contributed by atoms with Crippen LogP contribution in [0.25, 0.3) is 6.08 Å². The second kappa shape index (κ2) is 13.0. The maximum Gasteiger partial charge on any atom is 0.181 e. The van der Waals surface area contributed by atoms with E-state index in [1.165, 1.54) is 25.3 Å². The van der Waals surface area contributed by atoms with Crippen LogP contribution in [0.5, 0.6) is 51.7 Å². The van der Waals surface area contributed by atoms with Crippen molar-refractivity contribution in [1.82, 2.24) is 0 Å². The van der Waals surface area contributed by atoms with Crippen molar-refractivity contribution in [3.05, 3.63) is 94.6 Å². The Balaban J connectivity index is 0.000000189. The number of hydrogen-bond donors (Lipinski definition) is 3. The van der Waals surface area contributed by atoms with Crippen molar-refractivity contribution in [2.75, 3.05) is 27.9 Å². The Morgan fingerprint density at radius 3 is 2.27 bits per heavy atom. The maximum atomic E-state index is 13.6. The van der Waals surface area contributed by atoms with Crippen LogP contribution in [0.1, 0.15) is 57.2 Å². The molecule has 0 aliphatic carbocycles. The van der Waals surface area contributed by atoms with E-state index in [4.69, 9.17) is 28.4 Å². The highest BCUT2D eigenvalue weighted by Crippen LogP contribution is 2.52. The third-order valence-corrected chi connectivity index (χ3v) is 8.51. The lowest BCUT2D eigenvalue weighted by molar-refractivity contribution is 0.0547. The Hall–Kier alpha value is -5.84. The molecule has 3 heterocycles. The van der Waals surface area contributed by atoms with Crippen molar-refractivity contribution in [1.29, 1.82) is 0 Å². The lowest BCUT2D eigenvalue weighted by Gasteiger charge is -2.39. The first kappa shape index (κ1) is 33.1. The van der Waals surface area contributed by atoms with E-state index in [2.05, 4.69) is 0 Å². The number of benzene rings is 4. The molecular weight excluding hydrogens is 632 g/mol. The third kappa shape index (κ3) is 6.39. The Bertz CT molecular complexity index is 1960. The van der Waals surface area contributed by atoms with Gasteiger partial charge in [0.15, 0.2) is 23.1 Å². The molecule has 11 heteroatoms. The fourth-order valence-electron chi connectivity index (χ4n) is 6.05. The Morgan fingerprint density at radius 1 is 0.878 bits per heavy atom. The van der Waals surface area contributed by atoms with Crippen molar-refractivity contribution in [3.8, 4) is 51.7 Å². The van der Waals surface area contributed by atoms with Crippen LogP contribution in [0.15, 0.2) is 66.7 Å². The zero-order chi connectivity index (χ0) is 35.0. The molecule has 0 aromatic heterocycles. The highest BCUT2D eigenvalue weighted by atomic mass is 16.5. The summed E-state index contributed by atoms with van der Waals surface area (Å²) in [6.45, 7) is 4.02. The quantitative estimate of drug-likeness (QED) is 0.200. The normalized spacial score (nSPS) is 17.6. The van der Waals surface area contributed by atoms with Crippen LogP contribution < -0.4 is 28.4 Å². The topological polar surface area (TPSA) is 150 Å². The van der Waals surface area contributed by atoms with Gasteiger partial charge in [-0.05, 0) is 61.9 Å². The van der Waals surface area contributed by atoms with Crippen LogP contribution in [0.4, 0.5) is 0 Å². The summed E-state index contributed by atoms with van der Waals surface area (Å²) in [5.74, 6) is 1.58. The Morgan fingerprint density at radius 2 is 1.59 bits per heavy atom. The zero-order valence-corrected chi connectivity index (χ0v) is 27.6. The Labute approximate surface area is 282 Å². The molecule has 0 fully saturated rings. The molecule has 7 rings (SSSR count). The lowest BCUT2D eigenvalue weighted by atomic mass is 9.80. The standard InChI is InChI=1S/C23H22O7.C15H14O4/c1-23(2)6-5-11-15(30-23)8-13(24)20-21(25)19-12-7-16(26-3)17(27-4)9-14(12)28-10-18(19)29-22(11)20;1-19-12-5-2-10(3-6-12)8-14(17)13-7-4-11(16)9-15(13)18/h5-9,18-19,24H,10H2,1-4H3;2-7,9,16,18H,8H2,1H3. The molecule has 2 atom stereocenters. The van der Waals surface area contributed by atoms with E-state index in [-0.39, 0.29) is 53.0 Å². The molecule has 0 spiro atoms. The number of ketones is 2. The van der Waals surface area contributed by atoms with E-state index in [1.54, 1.807) is 50.6 Å². The molecule has 254 valence electrons. The SMILES string of the molecule is COc1cc2c(cc1OC)C1C(=O)c3c(O)cc4c(c3OC1CO2)C=CC(C)(C)O4.COc1ccc(CC(=O)c2ccc(O)cc2O)cc1. The summed E-state index contributed by atoms with van der Waals surface area (Å²) in [5, 5.41) is 29.5. The fourth-order valence-corrected chi connectivity index (χ4v) is 6.05. The summed E-state index contributed by atoms with van der Waals surface area (Å²) in [7, 11) is 4.65. The minimum Gasteiger partial charge on any atom is -0.508 e. The van der Waals surface area contributed by atoms with E-state index < -0.39 is 17.6 Å². The number of fused-ring (bicyclic) bond motifs is 6. The number of carbonyl (C=O) groups excluding carboxylic acids is 2. The van der Waals surface area contributed by atoms with Gasteiger partial charge >= 0.3 is 0 Å². The number of methoxy groups -OCH3 is 3. The van der Waals surface area contributed by atoms with Gasteiger partial charge in [-0.1, -0.05) is 12.1 Å². The second-order valence-electron chi connectivity index (χ2n) is 12.3. The highest BCUT2D eigenvalue weighted by Gasteiger charge is 2.46. The van der Waals surface area contributed by atoms with Crippen molar-refractivity contribution in [2.24, 2.45) is 0 Å². The van der Waals surface area contributed by atoms with Gasteiger partial charge in [0.1, 0.15) is 64.1 Å². The predicted octanol–water partition coefficient (Wildman–Crippen LogP) is 6.25. The summed E-state index contributed by atoms with van der Waals surface area (Å²) in [4.78, 5) is 25.6. The van der Waals surface area contributed by atoms with Crippen molar-refractivity contribution >= 4 is 17.6 Å². The average Bonchev–Trinajstić information content (AvgIpc) is 3.07. The van der Waals surface area contributed by atoms with Gasteiger partial charge in [-0.2, -0.15) is 0 Å². The van der Waals surface area contributed by atoms with Crippen molar-refractivity contribution < 1.29 is 53.3 Å². The largest absolute Gasteiger partial charge is 0.508 e. The summed E-state index contributed by atoms with van der Waals surface area (Å²) < 4.78 is 33.8. The molecule has 3 N–H and O–H groups in total. The summed E-state index contributed by atoms with van der Waals surface area (Å²) >= 11 is 0. The summed E-state index contributed by atoms with van der Waals surface area (Å²) in [5.41, 5.74) is 1.96. The molecule has 3 aliphatic heterocycles. The van der Waals surface area contributed by atoms with E-state index in [0.29, 0.717) is 39.9 Å². The molecular formula is C38H36O11. The zero-order valence-electron chi connectivity index (χ0n) is 27.6. The number of phenolic OH excluding ortho intramolecular Hbond substituents is 3. The Kier molecular flexibility index (Phi) is 8.77. The molecule has 0 radical (unpaired) electrons. The summed E-state index contributed by atoms with van der Waals surface area (Å²) in [6, 6.07) is 16.0. The summed E-state index contributed by atoms with van der Waals surface area (Å²) in [6.07, 6.45) is 3.42. The molecule has 0 saturated heterocycles. The van der Waals surface area contributed by atoms with Crippen LogP contribution in [-0.4, -0.2) is 66.5 Å². The van der Waals surface area contributed by atoms with Gasteiger partial charge in [-0.25, -0.2) is 0 Å². The fraction of sp³-hybridized carbons (Fsp3) is 0.263. The first-order chi connectivity index (χ1) is 23.4. The highest BCUT2D eigenvalue weighted by molar-refractivity contribution is 6.08. The maximum absolute atomic E-state index is 13.6. The molecule has 0 saturated carbocycles. The lowest BCUT2D eigenvalue weighted by Crippen LogP contribution is -2.43. The van der Waals surface area contributed by atoms with Gasteiger partial charge < -0.3 is 43.7 Å². The number of phenols is 3. The van der Waals surface area contributed by atoms with Crippen LogP contribution in [-0.2, 0) is 6.42 Å². The van der Waals surface area contributed by atoms with E-state index >= 15 is 0 Å². The van der Waals surface area contributed by atoms with Gasteiger partial charge in [0, 0.05) is 30.2 Å². The van der Waals surface area contributed by atoms with Crippen LogP contribution in [0, 0.1) is 0 Å². The van der Waals surface area contributed by atoms with Gasteiger partial charge in [0.2, 0.25) is 0 Å². The number of Topliss-reactive ketones (excluding diaryl/α,β-unsaturated/α-hetero) is 2. The molecule has 4 aromatic carbocycles. The average molecular weight is 669 g/mol. The van der Waals surface area contributed by atoms with Gasteiger partial charge in [0.05, 0.1) is 38.4 Å². The van der Waals surface area contributed by atoms with E-state index in [1.807, 2.05) is 26.0 Å². The first-order valence-corrected chi connectivity index (χ1v) is 15.5. The van der Waals surface area contributed by atoms with Crippen molar-refractivity contribution in [3.63, 3.8) is 0 Å². The van der Waals surface area contributed by atoms with E-state index in [0.717, 1.165) is 17.4 Å². The minimum absolute atomic E-state index is 0.0708.